The van der Waals surface area contributed by atoms with Crippen LogP contribution in [0, 0.1) is 5.92 Å². The number of carbonyl (C=O) groups excluding carboxylic acids is 1. The third kappa shape index (κ3) is 5.49. The SMILES string of the molecule is CCOc1ccc(Cl)cc1NC(=O)CCC(C)CN. The summed E-state index contributed by atoms with van der Waals surface area (Å²) >= 11 is 5.93. The van der Waals surface area contributed by atoms with E-state index >= 15 is 0 Å². The highest BCUT2D eigenvalue weighted by Crippen LogP contribution is 2.28. The van der Waals surface area contributed by atoms with Crippen molar-refractivity contribution in [2.24, 2.45) is 11.7 Å². The van der Waals surface area contributed by atoms with Crippen LogP contribution in [0.2, 0.25) is 5.02 Å². The molecule has 0 saturated carbocycles. The first-order chi connectivity index (χ1) is 9.06. The van der Waals surface area contributed by atoms with E-state index in [0.717, 1.165) is 6.42 Å². The zero-order chi connectivity index (χ0) is 14.3. The number of benzene rings is 1. The van der Waals surface area contributed by atoms with Crippen LogP contribution in [0.3, 0.4) is 0 Å². The van der Waals surface area contributed by atoms with Gasteiger partial charge in [0.1, 0.15) is 5.75 Å². The molecule has 1 atom stereocenters. The molecule has 1 aromatic rings. The Hall–Kier alpha value is -1.26. The largest absolute Gasteiger partial charge is 0.492 e. The van der Waals surface area contributed by atoms with E-state index in [2.05, 4.69) is 5.32 Å². The lowest BCUT2D eigenvalue weighted by molar-refractivity contribution is -0.116. The van der Waals surface area contributed by atoms with E-state index in [0.29, 0.717) is 41.9 Å². The van der Waals surface area contributed by atoms with Crippen molar-refractivity contribution in [3.05, 3.63) is 23.2 Å². The summed E-state index contributed by atoms with van der Waals surface area (Å²) in [5, 5.41) is 3.39. The Kier molecular flexibility index (Phi) is 6.67. The molecule has 4 nitrogen and oxygen atoms in total. The minimum Gasteiger partial charge on any atom is -0.492 e. The highest BCUT2D eigenvalue weighted by Gasteiger charge is 2.10. The van der Waals surface area contributed by atoms with Gasteiger partial charge in [-0.15, -0.1) is 0 Å². The molecular formula is C14H21ClN2O2. The molecule has 3 N–H and O–H groups in total. The van der Waals surface area contributed by atoms with Gasteiger partial charge in [-0.05, 0) is 44.0 Å². The number of anilines is 1. The number of amides is 1. The molecule has 0 saturated heterocycles. The first-order valence-corrected chi connectivity index (χ1v) is 6.86. The predicted molar refractivity (Wildman–Crippen MR) is 78.7 cm³/mol. The average Bonchev–Trinajstić information content (AvgIpc) is 2.39. The summed E-state index contributed by atoms with van der Waals surface area (Å²) in [5.74, 6) is 0.923. The van der Waals surface area contributed by atoms with Gasteiger partial charge in [-0.1, -0.05) is 18.5 Å². The lowest BCUT2D eigenvalue weighted by Gasteiger charge is -2.13. The number of ether oxygens (including phenoxy) is 1. The molecule has 19 heavy (non-hydrogen) atoms. The number of carbonyl (C=O) groups is 1. The zero-order valence-corrected chi connectivity index (χ0v) is 12.2. The van der Waals surface area contributed by atoms with Crippen molar-refractivity contribution in [1.82, 2.24) is 0 Å². The molecule has 1 aromatic carbocycles. The lowest BCUT2D eigenvalue weighted by atomic mass is 10.1. The van der Waals surface area contributed by atoms with Gasteiger partial charge < -0.3 is 15.8 Å². The van der Waals surface area contributed by atoms with Crippen molar-refractivity contribution in [3.8, 4) is 5.75 Å². The van der Waals surface area contributed by atoms with Crippen molar-refractivity contribution in [2.75, 3.05) is 18.5 Å². The van der Waals surface area contributed by atoms with Crippen LogP contribution in [-0.4, -0.2) is 19.1 Å². The molecule has 1 unspecified atom stereocenters. The van der Waals surface area contributed by atoms with Gasteiger partial charge in [0, 0.05) is 11.4 Å². The third-order valence-electron chi connectivity index (χ3n) is 2.78. The Morgan fingerprint density at radius 1 is 1.53 bits per heavy atom. The predicted octanol–water partition coefficient (Wildman–Crippen LogP) is 3.05. The fraction of sp³-hybridized carbons (Fsp3) is 0.500. The summed E-state index contributed by atoms with van der Waals surface area (Å²) in [6.45, 7) is 5.05. The molecule has 0 aliphatic rings. The second kappa shape index (κ2) is 8.02. The molecule has 0 aliphatic carbocycles. The van der Waals surface area contributed by atoms with E-state index in [1.165, 1.54) is 0 Å². The summed E-state index contributed by atoms with van der Waals surface area (Å²) in [5.41, 5.74) is 6.14. The van der Waals surface area contributed by atoms with Crippen molar-refractivity contribution in [1.29, 1.82) is 0 Å². The highest BCUT2D eigenvalue weighted by molar-refractivity contribution is 6.31. The van der Waals surface area contributed by atoms with Gasteiger partial charge in [0.2, 0.25) is 5.91 Å². The minimum absolute atomic E-state index is 0.0523. The maximum atomic E-state index is 11.9. The maximum Gasteiger partial charge on any atom is 0.224 e. The quantitative estimate of drug-likeness (QED) is 0.809. The number of nitrogens with two attached hydrogens (primary N) is 1. The topological polar surface area (TPSA) is 64.3 Å². The molecule has 0 bridgehead atoms. The molecular weight excluding hydrogens is 264 g/mol. The third-order valence-corrected chi connectivity index (χ3v) is 3.02. The highest BCUT2D eigenvalue weighted by atomic mass is 35.5. The number of hydrogen-bond acceptors (Lipinski definition) is 3. The van der Waals surface area contributed by atoms with E-state index in [9.17, 15) is 4.79 Å². The van der Waals surface area contributed by atoms with Crippen molar-refractivity contribution in [2.45, 2.75) is 26.7 Å². The summed E-state index contributed by atoms with van der Waals surface area (Å²) in [6.07, 6.45) is 1.21. The smallest absolute Gasteiger partial charge is 0.224 e. The van der Waals surface area contributed by atoms with E-state index < -0.39 is 0 Å². The summed E-state index contributed by atoms with van der Waals surface area (Å²) in [7, 11) is 0. The van der Waals surface area contributed by atoms with E-state index in [1.54, 1.807) is 18.2 Å². The van der Waals surface area contributed by atoms with Crippen LogP contribution in [0.4, 0.5) is 5.69 Å². The molecule has 1 rings (SSSR count). The fourth-order valence-electron chi connectivity index (χ4n) is 1.59. The molecule has 0 spiro atoms. The van der Waals surface area contributed by atoms with Crippen LogP contribution in [0.15, 0.2) is 18.2 Å². The summed E-state index contributed by atoms with van der Waals surface area (Å²) < 4.78 is 5.45. The summed E-state index contributed by atoms with van der Waals surface area (Å²) in [4.78, 5) is 11.9. The molecule has 0 heterocycles. The molecule has 0 fully saturated rings. The van der Waals surface area contributed by atoms with Gasteiger partial charge in [-0.3, -0.25) is 4.79 Å². The lowest BCUT2D eigenvalue weighted by Crippen LogP contribution is -2.16. The van der Waals surface area contributed by atoms with Gasteiger partial charge in [-0.25, -0.2) is 0 Å². The van der Waals surface area contributed by atoms with Crippen molar-refractivity contribution < 1.29 is 9.53 Å². The molecule has 1 amide bonds. The van der Waals surface area contributed by atoms with Crippen LogP contribution in [-0.2, 0) is 4.79 Å². The number of rotatable bonds is 7. The molecule has 0 radical (unpaired) electrons. The van der Waals surface area contributed by atoms with Crippen molar-refractivity contribution in [3.63, 3.8) is 0 Å². The van der Waals surface area contributed by atoms with Gasteiger partial charge in [0.25, 0.3) is 0 Å². The summed E-state index contributed by atoms with van der Waals surface area (Å²) in [6, 6.07) is 5.18. The monoisotopic (exact) mass is 284 g/mol. The Labute approximate surface area is 119 Å². The van der Waals surface area contributed by atoms with Gasteiger partial charge in [0.05, 0.1) is 12.3 Å². The van der Waals surface area contributed by atoms with E-state index in [1.807, 2.05) is 13.8 Å². The Morgan fingerprint density at radius 2 is 2.26 bits per heavy atom. The average molecular weight is 285 g/mol. The van der Waals surface area contributed by atoms with Crippen LogP contribution in [0.5, 0.6) is 5.75 Å². The first kappa shape index (κ1) is 15.8. The molecule has 0 aromatic heterocycles. The van der Waals surface area contributed by atoms with Gasteiger partial charge >= 0.3 is 0 Å². The van der Waals surface area contributed by atoms with Crippen LogP contribution >= 0.6 is 11.6 Å². The molecule has 0 aliphatic heterocycles. The second-order valence-corrected chi connectivity index (χ2v) is 4.94. The first-order valence-electron chi connectivity index (χ1n) is 6.49. The normalized spacial score (nSPS) is 12.0. The minimum atomic E-state index is -0.0523. The van der Waals surface area contributed by atoms with E-state index in [4.69, 9.17) is 22.1 Å². The van der Waals surface area contributed by atoms with E-state index in [-0.39, 0.29) is 5.91 Å². The van der Waals surface area contributed by atoms with Gasteiger partial charge in [0.15, 0.2) is 0 Å². The van der Waals surface area contributed by atoms with Crippen LogP contribution in [0.1, 0.15) is 26.7 Å². The molecule has 106 valence electrons. The number of nitrogens with one attached hydrogen (secondary N) is 1. The Balaban J connectivity index is 2.64. The standard InChI is InChI=1S/C14H21ClN2O2/c1-3-19-13-6-5-11(15)8-12(13)17-14(18)7-4-10(2)9-16/h5-6,8,10H,3-4,7,9,16H2,1-2H3,(H,17,18). The van der Waals surface area contributed by atoms with Crippen LogP contribution < -0.4 is 15.8 Å². The second-order valence-electron chi connectivity index (χ2n) is 4.50. The Morgan fingerprint density at radius 3 is 2.89 bits per heavy atom. The number of hydrogen-bond donors (Lipinski definition) is 2. The maximum absolute atomic E-state index is 11.9. The Bertz CT molecular complexity index is 424. The molecule has 5 heteroatoms. The fourth-order valence-corrected chi connectivity index (χ4v) is 1.76. The number of halogens is 1. The van der Waals surface area contributed by atoms with Gasteiger partial charge in [-0.2, -0.15) is 0 Å². The zero-order valence-electron chi connectivity index (χ0n) is 11.4. The van der Waals surface area contributed by atoms with Crippen LogP contribution in [0.25, 0.3) is 0 Å². The van der Waals surface area contributed by atoms with Crippen molar-refractivity contribution >= 4 is 23.2 Å².